The zero-order chi connectivity index (χ0) is 19.1. The summed E-state index contributed by atoms with van der Waals surface area (Å²) in [7, 11) is -1.80. The molecule has 2 aliphatic heterocycles. The number of hydrogen-bond donors (Lipinski definition) is 1. The van der Waals surface area contributed by atoms with Crippen LogP contribution in [0.1, 0.15) is 44.9 Å². The van der Waals surface area contributed by atoms with Gasteiger partial charge in [-0.1, -0.05) is 0 Å². The first-order valence-corrected chi connectivity index (χ1v) is 11.2. The molecular formula is C18H28N4O4S. The van der Waals surface area contributed by atoms with Crippen molar-refractivity contribution < 1.29 is 17.9 Å². The molecule has 8 nitrogen and oxygen atoms in total. The van der Waals surface area contributed by atoms with Crippen molar-refractivity contribution in [2.75, 3.05) is 19.7 Å². The van der Waals surface area contributed by atoms with E-state index in [1.54, 1.807) is 11.6 Å². The lowest BCUT2D eigenvalue weighted by Crippen LogP contribution is -2.51. The minimum atomic E-state index is -3.55. The highest BCUT2D eigenvalue weighted by Gasteiger charge is 2.43. The minimum Gasteiger partial charge on any atom is -0.375 e. The maximum Gasteiger partial charge on any atom is 0.262 e. The summed E-state index contributed by atoms with van der Waals surface area (Å²) in [6.07, 6.45) is 8.86. The van der Waals surface area contributed by atoms with Crippen LogP contribution < -0.4 is 5.32 Å². The third-order valence-corrected chi connectivity index (χ3v) is 7.71. The number of nitrogens with zero attached hydrogens (tertiary/aromatic N) is 3. The number of amides is 1. The second-order valence-electron chi connectivity index (χ2n) is 8.22. The highest BCUT2D eigenvalue weighted by Crippen LogP contribution is 2.39. The van der Waals surface area contributed by atoms with Crippen LogP contribution in [0, 0.1) is 5.92 Å². The molecule has 1 spiro atoms. The molecule has 3 fully saturated rings. The van der Waals surface area contributed by atoms with Crippen molar-refractivity contribution in [2.24, 2.45) is 13.0 Å². The lowest BCUT2D eigenvalue weighted by Gasteiger charge is -2.45. The Labute approximate surface area is 160 Å². The number of ether oxygens (including phenoxy) is 1. The molecule has 1 unspecified atom stereocenters. The van der Waals surface area contributed by atoms with Gasteiger partial charge in [-0.15, -0.1) is 0 Å². The van der Waals surface area contributed by atoms with Crippen LogP contribution in [0.25, 0.3) is 0 Å². The first-order valence-electron chi connectivity index (χ1n) is 9.78. The Morgan fingerprint density at radius 2 is 2.07 bits per heavy atom. The number of imidazole rings is 1. The number of sulfonamides is 1. The second-order valence-corrected chi connectivity index (χ2v) is 10.1. The van der Waals surface area contributed by atoms with Crippen molar-refractivity contribution in [3.8, 4) is 0 Å². The molecule has 9 heteroatoms. The van der Waals surface area contributed by atoms with Crippen molar-refractivity contribution in [1.29, 1.82) is 0 Å². The van der Waals surface area contributed by atoms with Crippen LogP contribution in [0.15, 0.2) is 17.6 Å². The molecule has 0 radical (unpaired) electrons. The fourth-order valence-corrected chi connectivity index (χ4v) is 5.62. The molecule has 1 N–H and O–H groups in total. The van der Waals surface area contributed by atoms with E-state index in [-0.39, 0.29) is 16.5 Å². The minimum absolute atomic E-state index is 0.0973. The standard InChI is InChI=1S/C18H28N4O4S/c1-21-12-17(19-13-21)27(24,25)22-7-5-18(6-8-22)11-14(4-9-26-18)10-16(23)20-15-2-3-15/h12-15H,2-11H2,1H3,(H,20,23). The third-order valence-electron chi connectivity index (χ3n) is 5.93. The zero-order valence-electron chi connectivity index (χ0n) is 15.8. The molecule has 0 aromatic carbocycles. The Hall–Kier alpha value is -1.45. The number of rotatable bonds is 5. The Kier molecular flexibility index (Phi) is 5.02. The average molecular weight is 397 g/mol. The molecule has 1 aromatic rings. The molecule has 1 saturated carbocycles. The van der Waals surface area contributed by atoms with Crippen LogP contribution in [0.2, 0.25) is 0 Å². The Morgan fingerprint density at radius 1 is 1.33 bits per heavy atom. The summed E-state index contributed by atoms with van der Waals surface area (Å²) in [6.45, 7) is 1.51. The molecule has 150 valence electrons. The summed E-state index contributed by atoms with van der Waals surface area (Å²) in [4.78, 5) is 16.1. The van der Waals surface area contributed by atoms with Gasteiger partial charge in [0.2, 0.25) is 5.91 Å². The van der Waals surface area contributed by atoms with Gasteiger partial charge < -0.3 is 14.6 Å². The number of carbonyl (C=O) groups is 1. The van der Waals surface area contributed by atoms with Crippen LogP contribution in [0.4, 0.5) is 0 Å². The summed E-state index contributed by atoms with van der Waals surface area (Å²) >= 11 is 0. The van der Waals surface area contributed by atoms with Crippen molar-refractivity contribution >= 4 is 15.9 Å². The van der Waals surface area contributed by atoms with Gasteiger partial charge >= 0.3 is 0 Å². The smallest absolute Gasteiger partial charge is 0.262 e. The van der Waals surface area contributed by atoms with Gasteiger partial charge in [0.05, 0.1) is 11.9 Å². The molecule has 4 rings (SSSR count). The Bertz CT molecular complexity index is 794. The van der Waals surface area contributed by atoms with E-state index in [9.17, 15) is 13.2 Å². The van der Waals surface area contributed by atoms with Gasteiger partial charge in [0.1, 0.15) is 0 Å². The van der Waals surface area contributed by atoms with Gasteiger partial charge in [0, 0.05) is 45.4 Å². The van der Waals surface area contributed by atoms with E-state index in [4.69, 9.17) is 4.74 Å². The molecular weight excluding hydrogens is 368 g/mol. The topological polar surface area (TPSA) is 93.5 Å². The van der Waals surface area contributed by atoms with E-state index in [0.717, 1.165) is 25.7 Å². The summed E-state index contributed by atoms with van der Waals surface area (Å²) in [6, 6.07) is 0.395. The van der Waals surface area contributed by atoms with Crippen LogP contribution in [0.5, 0.6) is 0 Å². The molecule has 0 bridgehead atoms. The summed E-state index contributed by atoms with van der Waals surface area (Å²) in [5, 5.41) is 3.16. The van der Waals surface area contributed by atoms with Gasteiger partial charge in [0.25, 0.3) is 10.0 Å². The second kappa shape index (κ2) is 7.18. The zero-order valence-corrected chi connectivity index (χ0v) is 16.6. The monoisotopic (exact) mass is 396 g/mol. The molecule has 1 atom stereocenters. The van der Waals surface area contributed by atoms with E-state index in [2.05, 4.69) is 10.3 Å². The van der Waals surface area contributed by atoms with Crippen LogP contribution in [-0.4, -0.2) is 59.5 Å². The van der Waals surface area contributed by atoms with Gasteiger partial charge in [-0.3, -0.25) is 4.79 Å². The average Bonchev–Trinajstić information content (AvgIpc) is 3.31. The van der Waals surface area contributed by atoms with Gasteiger partial charge in [-0.2, -0.15) is 4.31 Å². The lowest BCUT2D eigenvalue weighted by molar-refractivity contribution is -0.132. The maximum absolute atomic E-state index is 12.7. The molecule has 1 amide bonds. The normalized spacial score (nSPS) is 26.2. The van der Waals surface area contributed by atoms with Crippen LogP contribution >= 0.6 is 0 Å². The quantitative estimate of drug-likeness (QED) is 0.803. The highest BCUT2D eigenvalue weighted by atomic mass is 32.2. The van der Waals surface area contributed by atoms with E-state index < -0.39 is 10.0 Å². The number of nitrogens with one attached hydrogen (secondary N) is 1. The summed E-state index contributed by atoms with van der Waals surface area (Å²) in [5.41, 5.74) is -0.293. The molecule has 1 aromatic heterocycles. The fourth-order valence-electron chi connectivity index (χ4n) is 4.22. The maximum atomic E-state index is 12.7. The third kappa shape index (κ3) is 4.20. The summed E-state index contributed by atoms with van der Waals surface area (Å²) in [5.74, 6) is 0.464. The van der Waals surface area contributed by atoms with E-state index in [0.29, 0.717) is 50.9 Å². The molecule has 3 aliphatic rings. The molecule has 2 saturated heterocycles. The number of piperidine rings is 1. The van der Waals surface area contributed by atoms with Crippen molar-refractivity contribution in [3.05, 3.63) is 12.5 Å². The van der Waals surface area contributed by atoms with E-state index in [1.807, 2.05) is 0 Å². The van der Waals surface area contributed by atoms with Crippen molar-refractivity contribution in [1.82, 2.24) is 19.2 Å². The largest absolute Gasteiger partial charge is 0.375 e. The highest BCUT2D eigenvalue weighted by molar-refractivity contribution is 7.89. The van der Waals surface area contributed by atoms with Gasteiger partial charge in [-0.25, -0.2) is 13.4 Å². The Balaban J connectivity index is 1.35. The first kappa shape index (κ1) is 18.9. The molecule has 1 aliphatic carbocycles. The number of aryl methyl sites for hydroxylation is 1. The van der Waals surface area contributed by atoms with Crippen molar-refractivity contribution in [2.45, 2.75) is 61.6 Å². The predicted molar refractivity (Wildman–Crippen MR) is 98.4 cm³/mol. The lowest BCUT2D eigenvalue weighted by atomic mass is 9.78. The molecule has 3 heterocycles. The molecule has 27 heavy (non-hydrogen) atoms. The first-order chi connectivity index (χ1) is 12.9. The van der Waals surface area contributed by atoms with E-state index in [1.165, 1.54) is 16.8 Å². The van der Waals surface area contributed by atoms with E-state index >= 15 is 0 Å². The van der Waals surface area contributed by atoms with Crippen LogP contribution in [-0.2, 0) is 26.6 Å². The summed E-state index contributed by atoms with van der Waals surface area (Å²) < 4.78 is 34.7. The number of aromatic nitrogens is 2. The number of hydrogen-bond acceptors (Lipinski definition) is 5. The Morgan fingerprint density at radius 3 is 2.70 bits per heavy atom. The fraction of sp³-hybridized carbons (Fsp3) is 0.778. The van der Waals surface area contributed by atoms with Crippen molar-refractivity contribution in [3.63, 3.8) is 0 Å². The van der Waals surface area contributed by atoms with Gasteiger partial charge in [-0.05, 0) is 44.4 Å². The van der Waals surface area contributed by atoms with Gasteiger partial charge in [0.15, 0.2) is 5.03 Å². The van der Waals surface area contributed by atoms with Crippen LogP contribution in [0.3, 0.4) is 0 Å². The number of carbonyl (C=O) groups excluding carboxylic acids is 1. The SMILES string of the molecule is Cn1cnc(S(=O)(=O)N2CCC3(CC2)CC(CC(=O)NC2CC2)CCO3)c1. The predicted octanol–water partition coefficient (Wildman–Crippen LogP) is 1.04.